The molecule has 0 spiro atoms. The van der Waals surface area contributed by atoms with E-state index in [2.05, 4.69) is 0 Å². The van der Waals surface area contributed by atoms with Crippen molar-refractivity contribution in [3.8, 4) is 5.75 Å². The maximum Gasteiger partial charge on any atom is 0.339 e. The first-order chi connectivity index (χ1) is 16.7. The second-order valence-corrected chi connectivity index (χ2v) is 8.67. The average Bonchev–Trinajstić information content (AvgIpc) is 2.83. The molecule has 4 amide bonds. The first kappa shape index (κ1) is 23.3. The molecule has 1 heterocycles. The van der Waals surface area contributed by atoms with Gasteiger partial charge in [-0.15, -0.1) is 0 Å². The minimum absolute atomic E-state index is 0.0684. The molecule has 3 aromatic carbocycles. The summed E-state index contributed by atoms with van der Waals surface area (Å²) in [4.78, 5) is 48.8. The summed E-state index contributed by atoms with van der Waals surface area (Å²) in [6.45, 7) is 0. The lowest BCUT2D eigenvalue weighted by Crippen LogP contribution is -2.54. The van der Waals surface area contributed by atoms with Gasteiger partial charge in [0.25, 0.3) is 17.5 Å². The first-order valence-corrected chi connectivity index (χ1v) is 11.3. The van der Waals surface area contributed by atoms with E-state index < -0.39 is 38.5 Å². The quantitative estimate of drug-likeness (QED) is 0.181. The van der Waals surface area contributed by atoms with Gasteiger partial charge in [-0.2, -0.15) is 8.42 Å². The molecule has 1 fully saturated rings. The molecule has 1 saturated heterocycles. The molecule has 0 saturated carbocycles. The number of non-ortho nitro benzene ring substituents is 1. The molecule has 1 N–H and O–H groups in total. The van der Waals surface area contributed by atoms with Crippen LogP contribution in [0.5, 0.6) is 5.75 Å². The second-order valence-electron chi connectivity index (χ2n) is 7.12. The first-order valence-electron chi connectivity index (χ1n) is 9.92. The summed E-state index contributed by atoms with van der Waals surface area (Å²) in [5.41, 5.74) is -0.935. The Balaban J connectivity index is 1.72. The van der Waals surface area contributed by atoms with Crippen LogP contribution in [0.15, 0.2) is 89.3 Å². The number of carbonyl (C=O) groups is 3. The highest BCUT2D eigenvalue weighted by molar-refractivity contribution is 7.87. The number of imide groups is 2. The van der Waals surface area contributed by atoms with Crippen LogP contribution >= 0.6 is 0 Å². The number of hydrogen-bond donors (Lipinski definition) is 1. The van der Waals surface area contributed by atoms with Gasteiger partial charge in [0.15, 0.2) is 0 Å². The van der Waals surface area contributed by atoms with Crippen molar-refractivity contribution in [3.63, 3.8) is 0 Å². The van der Waals surface area contributed by atoms with Gasteiger partial charge < -0.3 is 4.18 Å². The topological polar surface area (TPSA) is 153 Å². The van der Waals surface area contributed by atoms with E-state index in [1.54, 1.807) is 6.07 Å². The van der Waals surface area contributed by atoms with Crippen LogP contribution in [0.25, 0.3) is 6.08 Å². The zero-order chi connectivity index (χ0) is 25.2. The summed E-state index contributed by atoms with van der Waals surface area (Å²) in [6.07, 6.45) is 1.07. The fraction of sp³-hybridized carbons (Fsp3) is 0. The predicted octanol–water partition coefficient (Wildman–Crippen LogP) is 3.03. The normalized spacial score (nSPS) is 15.1. The summed E-state index contributed by atoms with van der Waals surface area (Å²) in [5.74, 6) is -2.24. The molecule has 4 rings (SSSR count). The van der Waals surface area contributed by atoms with Crippen molar-refractivity contribution in [1.29, 1.82) is 0 Å². The highest BCUT2D eigenvalue weighted by Crippen LogP contribution is 2.28. The molecule has 3 aromatic rings. The van der Waals surface area contributed by atoms with Crippen molar-refractivity contribution >= 4 is 45.4 Å². The van der Waals surface area contributed by atoms with Crippen molar-refractivity contribution in [1.82, 2.24) is 5.32 Å². The Labute approximate surface area is 198 Å². The summed E-state index contributed by atoms with van der Waals surface area (Å²) in [6, 6.07) is 16.8. The van der Waals surface area contributed by atoms with Crippen molar-refractivity contribution in [2.45, 2.75) is 4.90 Å². The molecule has 1 aliphatic rings. The number of amides is 4. The number of hydrogen-bond acceptors (Lipinski definition) is 8. The van der Waals surface area contributed by atoms with Gasteiger partial charge >= 0.3 is 16.1 Å². The van der Waals surface area contributed by atoms with Gasteiger partial charge in [0.05, 0.1) is 10.6 Å². The van der Waals surface area contributed by atoms with Gasteiger partial charge in [0.1, 0.15) is 16.2 Å². The maximum absolute atomic E-state index is 13.1. The van der Waals surface area contributed by atoms with E-state index in [0.29, 0.717) is 4.90 Å². The van der Waals surface area contributed by atoms with Crippen LogP contribution in [0.2, 0.25) is 0 Å². The number of para-hydroxylation sites is 1. The second kappa shape index (κ2) is 9.19. The number of rotatable bonds is 6. The van der Waals surface area contributed by atoms with E-state index in [1.807, 2.05) is 5.32 Å². The lowest BCUT2D eigenvalue weighted by atomic mass is 10.1. The molecule has 0 atom stereocenters. The summed E-state index contributed by atoms with van der Waals surface area (Å²) < 4.78 is 30.5. The number of nitrogens with one attached hydrogen (secondary N) is 1. The van der Waals surface area contributed by atoms with E-state index >= 15 is 0 Å². The van der Waals surface area contributed by atoms with E-state index in [-0.39, 0.29) is 27.6 Å². The zero-order valence-electron chi connectivity index (χ0n) is 17.7. The molecular formula is C23H15N3O8S. The van der Waals surface area contributed by atoms with Crippen molar-refractivity contribution in [2.75, 3.05) is 4.90 Å². The molecule has 1 aliphatic heterocycles. The van der Waals surface area contributed by atoms with Gasteiger partial charge in [0, 0.05) is 17.7 Å². The van der Waals surface area contributed by atoms with Crippen molar-refractivity contribution < 1.29 is 31.9 Å². The van der Waals surface area contributed by atoms with Crippen LogP contribution in [0.3, 0.4) is 0 Å². The van der Waals surface area contributed by atoms with Gasteiger partial charge in [-0.3, -0.25) is 25.0 Å². The number of nitro groups is 1. The lowest BCUT2D eigenvalue weighted by Gasteiger charge is -2.26. The van der Waals surface area contributed by atoms with Gasteiger partial charge in [-0.25, -0.2) is 9.69 Å². The molecule has 0 radical (unpaired) electrons. The third-order valence-corrected chi connectivity index (χ3v) is 6.10. The van der Waals surface area contributed by atoms with Crippen LogP contribution < -0.4 is 14.4 Å². The molecule has 0 bridgehead atoms. The monoisotopic (exact) mass is 493 g/mol. The van der Waals surface area contributed by atoms with Gasteiger partial charge in [0.2, 0.25) is 0 Å². The number of anilines is 1. The van der Waals surface area contributed by atoms with E-state index in [1.165, 1.54) is 66.7 Å². The molecule has 12 heteroatoms. The molecule has 0 aromatic heterocycles. The number of benzene rings is 3. The Kier molecular flexibility index (Phi) is 6.12. The van der Waals surface area contributed by atoms with Crippen LogP contribution in [0, 0.1) is 10.1 Å². The van der Waals surface area contributed by atoms with Crippen molar-refractivity contribution in [2.24, 2.45) is 0 Å². The molecule has 0 unspecified atom stereocenters. The standard InChI is InChI=1S/C23H15N3O8S/c27-21-19(22(28)25(23(29)24-21)16-8-6-9-17(14-16)26(30)31)13-15-7-4-5-12-20(15)34-35(32,33)18-10-2-1-3-11-18/h1-14H,(H,24,27,29)/b19-13+. The highest BCUT2D eigenvalue weighted by Gasteiger charge is 2.37. The number of nitro benzene ring substituents is 1. The SMILES string of the molecule is O=C1NC(=O)N(c2cccc([N+](=O)[O-])c2)C(=O)/C1=C/c1ccccc1OS(=O)(=O)c1ccccc1. The largest absolute Gasteiger partial charge is 0.378 e. The lowest BCUT2D eigenvalue weighted by molar-refractivity contribution is -0.384. The Hall–Kier alpha value is -4.84. The smallest absolute Gasteiger partial charge is 0.339 e. The molecule has 176 valence electrons. The van der Waals surface area contributed by atoms with Crippen LogP contribution in [-0.2, 0) is 19.7 Å². The van der Waals surface area contributed by atoms with Crippen LogP contribution in [-0.4, -0.2) is 31.2 Å². The maximum atomic E-state index is 13.1. The average molecular weight is 493 g/mol. The molecule has 35 heavy (non-hydrogen) atoms. The van der Waals surface area contributed by atoms with E-state index in [0.717, 1.165) is 12.1 Å². The Morgan fingerprint density at radius 1 is 0.914 bits per heavy atom. The minimum atomic E-state index is -4.22. The Morgan fingerprint density at radius 3 is 2.31 bits per heavy atom. The van der Waals surface area contributed by atoms with E-state index in [9.17, 15) is 32.9 Å². The highest BCUT2D eigenvalue weighted by atomic mass is 32.2. The summed E-state index contributed by atoms with van der Waals surface area (Å²) >= 11 is 0. The number of nitrogens with zero attached hydrogens (tertiary/aromatic N) is 2. The van der Waals surface area contributed by atoms with Crippen LogP contribution in [0.4, 0.5) is 16.2 Å². The minimum Gasteiger partial charge on any atom is -0.378 e. The Bertz CT molecular complexity index is 1500. The zero-order valence-corrected chi connectivity index (χ0v) is 18.5. The molecule has 0 aliphatic carbocycles. The van der Waals surface area contributed by atoms with Gasteiger partial charge in [-0.1, -0.05) is 42.5 Å². The summed E-state index contributed by atoms with van der Waals surface area (Å²) in [5, 5.41) is 13.1. The predicted molar refractivity (Wildman–Crippen MR) is 123 cm³/mol. The number of barbiturate groups is 1. The van der Waals surface area contributed by atoms with Crippen LogP contribution in [0.1, 0.15) is 5.56 Å². The van der Waals surface area contributed by atoms with Crippen molar-refractivity contribution in [3.05, 3.63) is 100 Å². The fourth-order valence-electron chi connectivity index (χ4n) is 3.22. The number of urea groups is 1. The summed E-state index contributed by atoms with van der Waals surface area (Å²) in [7, 11) is -4.22. The molecular weight excluding hydrogens is 478 g/mol. The third kappa shape index (κ3) is 4.77. The molecule has 11 nitrogen and oxygen atoms in total. The Morgan fingerprint density at radius 2 is 1.60 bits per heavy atom. The van der Waals surface area contributed by atoms with E-state index in [4.69, 9.17) is 4.18 Å². The fourth-order valence-corrected chi connectivity index (χ4v) is 4.20. The number of carbonyl (C=O) groups excluding carboxylic acids is 3. The third-order valence-electron chi connectivity index (χ3n) is 4.85. The van der Waals surface area contributed by atoms with Gasteiger partial charge in [-0.05, 0) is 30.3 Å².